The number of ether oxygens (including phenoxy) is 1. The first-order valence-electron chi connectivity index (χ1n) is 10.6. The minimum absolute atomic E-state index is 0.0299. The van der Waals surface area contributed by atoms with Crippen LogP contribution in [0.2, 0.25) is 0 Å². The lowest BCUT2D eigenvalue weighted by Crippen LogP contribution is -2.38. The summed E-state index contributed by atoms with van der Waals surface area (Å²) in [5.41, 5.74) is 4.05. The molecule has 0 bridgehead atoms. The van der Waals surface area contributed by atoms with Crippen LogP contribution in [-0.4, -0.2) is 48.6 Å². The summed E-state index contributed by atoms with van der Waals surface area (Å²) in [4.78, 5) is 22.4. The highest BCUT2D eigenvalue weighted by atomic mass is 32.1. The van der Waals surface area contributed by atoms with E-state index in [0.717, 1.165) is 40.7 Å². The lowest BCUT2D eigenvalue weighted by molar-refractivity contribution is 0.0983. The van der Waals surface area contributed by atoms with Gasteiger partial charge in [0.05, 0.1) is 16.8 Å². The van der Waals surface area contributed by atoms with Crippen molar-refractivity contribution in [2.75, 3.05) is 37.7 Å². The molecule has 5 nitrogen and oxygen atoms in total. The maximum absolute atomic E-state index is 13.4. The fraction of sp³-hybridized carbons (Fsp3) is 0.417. The van der Waals surface area contributed by atoms with Crippen LogP contribution in [0.3, 0.4) is 0 Å². The molecular formula is C24H31N3O2S. The highest BCUT2D eigenvalue weighted by Crippen LogP contribution is 2.31. The van der Waals surface area contributed by atoms with E-state index in [9.17, 15) is 4.79 Å². The monoisotopic (exact) mass is 425 g/mol. The quantitative estimate of drug-likeness (QED) is 0.467. The predicted octanol–water partition coefficient (Wildman–Crippen LogP) is 5.30. The van der Waals surface area contributed by atoms with Gasteiger partial charge in [0.1, 0.15) is 5.75 Å². The van der Waals surface area contributed by atoms with E-state index in [2.05, 4.69) is 44.7 Å². The van der Waals surface area contributed by atoms with Gasteiger partial charge in [-0.05, 0) is 81.4 Å². The molecule has 0 aliphatic carbocycles. The van der Waals surface area contributed by atoms with E-state index in [1.807, 2.05) is 36.1 Å². The second kappa shape index (κ2) is 10.0. The van der Waals surface area contributed by atoms with Crippen LogP contribution in [0.15, 0.2) is 36.4 Å². The molecule has 0 saturated carbocycles. The lowest BCUT2D eigenvalue weighted by Gasteiger charge is -2.24. The zero-order valence-corrected chi connectivity index (χ0v) is 19.4. The molecule has 1 aromatic heterocycles. The molecule has 6 heteroatoms. The number of benzene rings is 2. The van der Waals surface area contributed by atoms with Crippen molar-refractivity contribution in [2.45, 2.75) is 34.6 Å². The van der Waals surface area contributed by atoms with Crippen molar-refractivity contribution < 1.29 is 9.53 Å². The van der Waals surface area contributed by atoms with Gasteiger partial charge in [-0.25, -0.2) is 4.98 Å². The van der Waals surface area contributed by atoms with Crippen LogP contribution in [0.5, 0.6) is 5.75 Å². The Balaban J connectivity index is 1.94. The van der Waals surface area contributed by atoms with E-state index in [4.69, 9.17) is 9.72 Å². The van der Waals surface area contributed by atoms with E-state index in [1.165, 1.54) is 11.1 Å². The first kappa shape index (κ1) is 22.2. The molecule has 0 aliphatic rings. The summed E-state index contributed by atoms with van der Waals surface area (Å²) in [7, 11) is 0. The first-order chi connectivity index (χ1) is 14.5. The van der Waals surface area contributed by atoms with Gasteiger partial charge >= 0.3 is 0 Å². The molecule has 3 aromatic rings. The number of hydrogen-bond donors (Lipinski definition) is 0. The van der Waals surface area contributed by atoms with Crippen LogP contribution in [0.25, 0.3) is 10.2 Å². The van der Waals surface area contributed by atoms with Crippen LogP contribution in [-0.2, 0) is 0 Å². The van der Waals surface area contributed by atoms with Crippen LogP contribution >= 0.6 is 11.3 Å². The summed E-state index contributed by atoms with van der Waals surface area (Å²) < 4.78 is 6.63. The number of thiazole rings is 1. The highest BCUT2D eigenvalue weighted by molar-refractivity contribution is 7.22. The van der Waals surface area contributed by atoms with Gasteiger partial charge in [-0.2, -0.15) is 0 Å². The Morgan fingerprint density at radius 3 is 2.30 bits per heavy atom. The Hall–Kier alpha value is -2.44. The van der Waals surface area contributed by atoms with Crippen molar-refractivity contribution in [3.8, 4) is 5.75 Å². The fourth-order valence-corrected chi connectivity index (χ4v) is 4.43. The van der Waals surface area contributed by atoms with E-state index >= 15 is 0 Å². The minimum atomic E-state index is -0.0299. The number of rotatable bonds is 9. The van der Waals surface area contributed by atoms with Gasteiger partial charge < -0.3 is 9.64 Å². The van der Waals surface area contributed by atoms with Crippen molar-refractivity contribution in [2.24, 2.45) is 0 Å². The number of nitrogens with zero attached hydrogens (tertiary/aromatic N) is 3. The molecule has 2 aromatic carbocycles. The van der Waals surface area contributed by atoms with Crippen molar-refractivity contribution in [3.05, 3.63) is 53.1 Å². The molecule has 0 N–H and O–H groups in total. The van der Waals surface area contributed by atoms with Gasteiger partial charge in [0.2, 0.25) is 0 Å². The third kappa shape index (κ3) is 4.99. The standard InChI is InChI=1S/C24H31N3O2S/c1-6-26(7-2)13-14-27(23(28)19-9-11-20(12-10-19)29-8-3)24-25-21-15-17(4)18(5)16-22(21)30-24/h9-12,15-16H,6-8,13-14H2,1-5H3. The molecule has 3 rings (SSSR count). The summed E-state index contributed by atoms with van der Waals surface area (Å²) in [5, 5.41) is 0.751. The number of carbonyl (C=O) groups excluding carboxylic acids is 1. The van der Waals surface area contributed by atoms with Crippen LogP contribution in [0.1, 0.15) is 42.3 Å². The maximum Gasteiger partial charge on any atom is 0.260 e. The van der Waals surface area contributed by atoms with E-state index in [-0.39, 0.29) is 5.91 Å². The maximum atomic E-state index is 13.4. The highest BCUT2D eigenvalue weighted by Gasteiger charge is 2.22. The second-order valence-electron chi connectivity index (χ2n) is 7.34. The number of anilines is 1. The topological polar surface area (TPSA) is 45.7 Å². The first-order valence-corrected chi connectivity index (χ1v) is 11.4. The average Bonchev–Trinajstić information content (AvgIpc) is 3.14. The Morgan fingerprint density at radius 2 is 1.67 bits per heavy atom. The molecular weight excluding hydrogens is 394 g/mol. The van der Waals surface area contributed by atoms with Gasteiger partial charge in [-0.15, -0.1) is 0 Å². The smallest absolute Gasteiger partial charge is 0.260 e. The lowest BCUT2D eigenvalue weighted by atomic mass is 10.1. The molecule has 1 heterocycles. The molecule has 0 spiro atoms. The van der Waals surface area contributed by atoms with E-state index in [1.54, 1.807) is 11.3 Å². The zero-order chi connectivity index (χ0) is 21.7. The Bertz CT molecular complexity index is 955. The fourth-order valence-electron chi connectivity index (χ4n) is 3.36. The zero-order valence-electron chi connectivity index (χ0n) is 18.6. The van der Waals surface area contributed by atoms with Crippen molar-refractivity contribution in [1.29, 1.82) is 0 Å². The van der Waals surface area contributed by atoms with E-state index in [0.29, 0.717) is 18.7 Å². The van der Waals surface area contributed by atoms with Crippen LogP contribution < -0.4 is 9.64 Å². The molecule has 160 valence electrons. The van der Waals surface area contributed by atoms with Gasteiger partial charge in [-0.1, -0.05) is 25.2 Å². The number of aromatic nitrogens is 1. The number of aryl methyl sites for hydroxylation is 2. The van der Waals surface area contributed by atoms with Gasteiger partial charge in [-0.3, -0.25) is 9.69 Å². The van der Waals surface area contributed by atoms with Gasteiger partial charge in [0, 0.05) is 18.7 Å². The predicted molar refractivity (Wildman–Crippen MR) is 126 cm³/mol. The van der Waals surface area contributed by atoms with Crippen LogP contribution in [0.4, 0.5) is 5.13 Å². The van der Waals surface area contributed by atoms with E-state index < -0.39 is 0 Å². The molecule has 0 fully saturated rings. The molecule has 0 unspecified atom stereocenters. The van der Waals surface area contributed by atoms with Gasteiger partial charge in [0.15, 0.2) is 5.13 Å². The number of fused-ring (bicyclic) bond motifs is 1. The molecule has 0 saturated heterocycles. The van der Waals surface area contributed by atoms with Crippen LogP contribution in [0, 0.1) is 13.8 Å². The Morgan fingerprint density at radius 1 is 1.00 bits per heavy atom. The Labute approximate surface area is 183 Å². The number of carbonyl (C=O) groups is 1. The van der Waals surface area contributed by atoms with Gasteiger partial charge in [0.25, 0.3) is 5.91 Å². The summed E-state index contributed by atoms with van der Waals surface area (Å²) >= 11 is 1.58. The summed E-state index contributed by atoms with van der Waals surface area (Å²) in [6, 6.07) is 11.6. The third-order valence-electron chi connectivity index (χ3n) is 5.42. The van der Waals surface area contributed by atoms with Crippen molar-refractivity contribution in [1.82, 2.24) is 9.88 Å². The molecule has 0 radical (unpaired) electrons. The average molecular weight is 426 g/mol. The third-order valence-corrected chi connectivity index (χ3v) is 6.46. The van der Waals surface area contributed by atoms with Crippen molar-refractivity contribution >= 4 is 32.6 Å². The number of likely N-dealkylation sites (N-methyl/N-ethyl adjacent to an activating group) is 1. The Kier molecular flexibility index (Phi) is 7.45. The molecule has 30 heavy (non-hydrogen) atoms. The number of hydrogen-bond acceptors (Lipinski definition) is 5. The largest absolute Gasteiger partial charge is 0.494 e. The number of amides is 1. The molecule has 0 atom stereocenters. The summed E-state index contributed by atoms with van der Waals surface area (Å²) in [6.07, 6.45) is 0. The normalized spacial score (nSPS) is 11.3. The minimum Gasteiger partial charge on any atom is -0.494 e. The molecule has 1 amide bonds. The SMILES string of the molecule is CCOc1ccc(C(=O)N(CCN(CC)CC)c2nc3cc(C)c(C)cc3s2)cc1. The summed E-state index contributed by atoms with van der Waals surface area (Å²) in [6.45, 7) is 14.4. The van der Waals surface area contributed by atoms with Crippen molar-refractivity contribution in [3.63, 3.8) is 0 Å². The molecule has 0 aliphatic heterocycles. The second-order valence-corrected chi connectivity index (χ2v) is 8.35. The summed E-state index contributed by atoms with van der Waals surface area (Å²) in [5.74, 6) is 0.743.